The van der Waals surface area contributed by atoms with E-state index in [1.165, 1.54) is 6.07 Å². The van der Waals surface area contributed by atoms with Crippen LogP contribution in [-0.4, -0.2) is 22.6 Å². The van der Waals surface area contributed by atoms with Crippen molar-refractivity contribution in [2.75, 3.05) is 6.54 Å². The molecule has 21 heavy (non-hydrogen) atoms. The molecule has 0 unspecified atom stereocenters. The van der Waals surface area contributed by atoms with Crippen LogP contribution in [-0.2, 0) is 17.6 Å². The second-order valence-electron chi connectivity index (χ2n) is 4.90. The summed E-state index contributed by atoms with van der Waals surface area (Å²) in [5, 5.41) is 9.55. The van der Waals surface area contributed by atoms with Crippen molar-refractivity contribution in [2.45, 2.75) is 26.2 Å². The zero-order valence-corrected chi connectivity index (χ0v) is 11.7. The van der Waals surface area contributed by atoms with E-state index in [-0.39, 0.29) is 12.3 Å². The lowest BCUT2D eigenvalue weighted by Crippen LogP contribution is -2.26. The van der Waals surface area contributed by atoms with Crippen molar-refractivity contribution in [1.82, 2.24) is 15.5 Å². The number of benzene rings is 1. The van der Waals surface area contributed by atoms with Gasteiger partial charge in [0, 0.05) is 12.2 Å². The SMILES string of the molecule is Cc1[nH]ncc1CCCNC(=O)Cc1ccc(F)c(F)c1. The van der Waals surface area contributed by atoms with E-state index in [1.54, 1.807) is 6.20 Å². The highest BCUT2D eigenvalue weighted by Gasteiger charge is 2.07. The number of carbonyl (C=O) groups is 1. The van der Waals surface area contributed by atoms with Gasteiger partial charge in [0.2, 0.25) is 5.91 Å². The zero-order valence-electron chi connectivity index (χ0n) is 11.7. The summed E-state index contributed by atoms with van der Waals surface area (Å²) >= 11 is 0. The van der Waals surface area contributed by atoms with Crippen molar-refractivity contribution in [3.8, 4) is 0 Å². The number of halogens is 2. The van der Waals surface area contributed by atoms with Crippen LogP contribution in [0.15, 0.2) is 24.4 Å². The van der Waals surface area contributed by atoms with E-state index in [2.05, 4.69) is 15.5 Å². The van der Waals surface area contributed by atoms with Crippen LogP contribution < -0.4 is 5.32 Å². The number of amides is 1. The number of aromatic nitrogens is 2. The van der Waals surface area contributed by atoms with Crippen LogP contribution in [0.5, 0.6) is 0 Å². The number of nitrogens with one attached hydrogen (secondary N) is 2. The Morgan fingerprint density at radius 3 is 2.81 bits per heavy atom. The average Bonchev–Trinajstić information content (AvgIpc) is 2.85. The fourth-order valence-corrected chi connectivity index (χ4v) is 2.03. The number of hydrogen-bond donors (Lipinski definition) is 2. The summed E-state index contributed by atoms with van der Waals surface area (Å²) < 4.78 is 25.8. The molecule has 0 atom stereocenters. The summed E-state index contributed by atoms with van der Waals surface area (Å²) in [6.07, 6.45) is 3.44. The van der Waals surface area contributed by atoms with Gasteiger partial charge in [0.15, 0.2) is 11.6 Å². The maximum atomic E-state index is 13.0. The Morgan fingerprint density at radius 1 is 1.33 bits per heavy atom. The van der Waals surface area contributed by atoms with Crippen LogP contribution in [0.4, 0.5) is 8.78 Å². The van der Waals surface area contributed by atoms with Gasteiger partial charge in [0.1, 0.15) is 0 Å². The van der Waals surface area contributed by atoms with Crippen molar-refractivity contribution in [3.63, 3.8) is 0 Å². The van der Waals surface area contributed by atoms with Gasteiger partial charge in [-0.15, -0.1) is 0 Å². The molecule has 112 valence electrons. The van der Waals surface area contributed by atoms with E-state index in [9.17, 15) is 13.6 Å². The lowest BCUT2D eigenvalue weighted by Gasteiger charge is -2.05. The quantitative estimate of drug-likeness (QED) is 0.803. The minimum absolute atomic E-state index is 0.0436. The molecule has 1 heterocycles. The number of aromatic amines is 1. The predicted molar refractivity (Wildman–Crippen MR) is 74.7 cm³/mol. The van der Waals surface area contributed by atoms with Crippen LogP contribution in [0, 0.1) is 18.6 Å². The van der Waals surface area contributed by atoms with Gasteiger partial charge in [0.25, 0.3) is 0 Å². The topological polar surface area (TPSA) is 57.8 Å². The van der Waals surface area contributed by atoms with E-state index in [0.29, 0.717) is 12.1 Å². The molecule has 0 radical (unpaired) electrons. The molecule has 1 aromatic heterocycles. The van der Waals surface area contributed by atoms with Gasteiger partial charge in [-0.3, -0.25) is 9.89 Å². The Kier molecular flexibility index (Phi) is 5.03. The third kappa shape index (κ3) is 4.37. The first-order valence-corrected chi connectivity index (χ1v) is 6.75. The van der Waals surface area contributed by atoms with Crippen molar-refractivity contribution >= 4 is 5.91 Å². The smallest absolute Gasteiger partial charge is 0.224 e. The molecule has 4 nitrogen and oxygen atoms in total. The largest absolute Gasteiger partial charge is 0.356 e. The lowest BCUT2D eigenvalue weighted by molar-refractivity contribution is -0.120. The van der Waals surface area contributed by atoms with Gasteiger partial charge in [0.05, 0.1) is 12.6 Å². The average molecular weight is 293 g/mol. The molecule has 1 aromatic carbocycles. The summed E-state index contributed by atoms with van der Waals surface area (Å²) in [5.41, 5.74) is 2.62. The van der Waals surface area contributed by atoms with Gasteiger partial charge in [-0.1, -0.05) is 6.07 Å². The maximum absolute atomic E-state index is 13.0. The monoisotopic (exact) mass is 293 g/mol. The number of nitrogens with zero attached hydrogens (tertiary/aromatic N) is 1. The lowest BCUT2D eigenvalue weighted by atomic mass is 10.1. The highest BCUT2D eigenvalue weighted by molar-refractivity contribution is 5.78. The first kappa shape index (κ1) is 15.2. The Bertz CT molecular complexity index is 625. The summed E-state index contributed by atoms with van der Waals surface area (Å²) in [6.45, 7) is 2.48. The molecule has 0 aliphatic rings. The summed E-state index contributed by atoms with van der Waals surface area (Å²) in [5.74, 6) is -2.05. The number of rotatable bonds is 6. The Hall–Kier alpha value is -2.24. The van der Waals surface area contributed by atoms with E-state index in [4.69, 9.17) is 0 Å². The molecule has 2 N–H and O–H groups in total. The molecular formula is C15H17F2N3O. The summed E-state index contributed by atoms with van der Waals surface area (Å²) in [4.78, 5) is 11.7. The second kappa shape index (κ2) is 6.97. The Morgan fingerprint density at radius 2 is 2.14 bits per heavy atom. The molecule has 0 bridgehead atoms. The molecule has 2 aromatic rings. The van der Waals surface area contributed by atoms with E-state index in [0.717, 1.165) is 36.2 Å². The van der Waals surface area contributed by atoms with E-state index >= 15 is 0 Å². The standard InChI is InChI=1S/C15H17F2N3O/c1-10-12(9-19-20-10)3-2-6-18-15(21)8-11-4-5-13(16)14(17)7-11/h4-5,7,9H,2-3,6,8H2,1H3,(H,18,21)(H,19,20). The van der Waals surface area contributed by atoms with Crippen LogP contribution in [0.1, 0.15) is 23.2 Å². The molecule has 0 fully saturated rings. The number of aryl methyl sites for hydroxylation is 2. The molecule has 0 spiro atoms. The molecule has 0 aliphatic carbocycles. The number of hydrogen-bond acceptors (Lipinski definition) is 2. The number of carbonyl (C=O) groups excluding carboxylic acids is 1. The second-order valence-corrected chi connectivity index (χ2v) is 4.90. The molecule has 0 saturated carbocycles. The van der Waals surface area contributed by atoms with Crippen molar-refractivity contribution in [3.05, 3.63) is 52.9 Å². The van der Waals surface area contributed by atoms with Gasteiger partial charge in [-0.2, -0.15) is 5.10 Å². The van der Waals surface area contributed by atoms with E-state index < -0.39 is 11.6 Å². The van der Waals surface area contributed by atoms with Crippen molar-refractivity contribution in [1.29, 1.82) is 0 Å². The number of H-pyrrole nitrogens is 1. The van der Waals surface area contributed by atoms with Gasteiger partial charge in [-0.05, 0) is 43.0 Å². The Labute approximate surface area is 121 Å². The predicted octanol–water partition coefficient (Wildman–Crippen LogP) is 2.29. The van der Waals surface area contributed by atoms with Gasteiger partial charge >= 0.3 is 0 Å². The molecular weight excluding hydrogens is 276 g/mol. The highest BCUT2D eigenvalue weighted by atomic mass is 19.2. The van der Waals surface area contributed by atoms with Gasteiger partial charge in [-0.25, -0.2) is 8.78 Å². The normalized spacial score (nSPS) is 10.6. The van der Waals surface area contributed by atoms with Gasteiger partial charge < -0.3 is 5.32 Å². The molecule has 6 heteroatoms. The molecule has 2 rings (SSSR count). The van der Waals surface area contributed by atoms with Crippen LogP contribution in [0.25, 0.3) is 0 Å². The summed E-state index contributed by atoms with van der Waals surface area (Å²) in [6, 6.07) is 3.48. The summed E-state index contributed by atoms with van der Waals surface area (Å²) in [7, 11) is 0. The fourth-order valence-electron chi connectivity index (χ4n) is 2.03. The first-order chi connectivity index (χ1) is 10.1. The minimum Gasteiger partial charge on any atom is -0.356 e. The maximum Gasteiger partial charge on any atom is 0.224 e. The van der Waals surface area contributed by atoms with Crippen molar-refractivity contribution in [2.24, 2.45) is 0 Å². The van der Waals surface area contributed by atoms with E-state index in [1.807, 2.05) is 6.92 Å². The third-order valence-corrected chi connectivity index (χ3v) is 3.23. The van der Waals surface area contributed by atoms with Crippen LogP contribution >= 0.6 is 0 Å². The third-order valence-electron chi connectivity index (χ3n) is 3.23. The molecule has 0 saturated heterocycles. The highest BCUT2D eigenvalue weighted by Crippen LogP contribution is 2.09. The first-order valence-electron chi connectivity index (χ1n) is 6.75. The minimum atomic E-state index is -0.935. The Balaban J connectivity index is 1.72. The fraction of sp³-hybridized carbons (Fsp3) is 0.333. The molecule has 1 amide bonds. The van der Waals surface area contributed by atoms with Crippen LogP contribution in [0.2, 0.25) is 0 Å². The zero-order chi connectivity index (χ0) is 15.2. The molecule has 0 aliphatic heterocycles. The van der Waals surface area contributed by atoms with Crippen molar-refractivity contribution < 1.29 is 13.6 Å². The van der Waals surface area contributed by atoms with Crippen LogP contribution in [0.3, 0.4) is 0 Å².